The Bertz CT molecular complexity index is 905. The van der Waals surface area contributed by atoms with Gasteiger partial charge in [0.05, 0.1) is 5.69 Å². The van der Waals surface area contributed by atoms with Gasteiger partial charge in [-0.05, 0) is 34.9 Å². The summed E-state index contributed by atoms with van der Waals surface area (Å²) in [6.07, 6.45) is 3.48. The Kier molecular flexibility index (Phi) is 3.85. The van der Waals surface area contributed by atoms with E-state index in [1.54, 1.807) is 10.8 Å². The molecule has 0 N–H and O–H groups in total. The molecule has 4 aromatic rings. The molecule has 0 aliphatic rings. The molecule has 4 heteroatoms. The van der Waals surface area contributed by atoms with Gasteiger partial charge in [0.1, 0.15) is 5.82 Å². The third-order valence-electron chi connectivity index (χ3n) is 3.83. The first-order valence-electron chi connectivity index (χ1n) is 7.63. The Labute approximate surface area is 145 Å². The predicted molar refractivity (Wildman–Crippen MR) is 97.2 cm³/mol. The molecule has 2 aromatic heterocycles. The Morgan fingerprint density at radius 3 is 2.04 bits per heavy atom. The van der Waals surface area contributed by atoms with Crippen molar-refractivity contribution in [3.05, 3.63) is 90.5 Å². The van der Waals surface area contributed by atoms with E-state index in [1.807, 2.05) is 48.7 Å². The molecule has 0 saturated carbocycles. The van der Waals surface area contributed by atoms with Crippen LogP contribution in [0.15, 0.2) is 85.2 Å². The average molecular weight is 332 g/mol. The number of nitrogens with zero attached hydrogens (tertiary/aromatic N) is 3. The van der Waals surface area contributed by atoms with Crippen molar-refractivity contribution in [1.29, 1.82) is 0 Å². The third-order valence-corrected chi connectivity index (χ3v) is 4.11. The minimum Gasteiger partial charge on any atom is -0.274 e. The Morgan fingerprint density at radius 2 is 1.42 bits per heavy atom. The van der Waals surface area contributed by atoms with E-state index in [4.69, 9.17) is 16.6 Å². The maximum Gasteiger partial charge on any atom is 0.208 e. The Hall–Kier alpha value is -2.91. The highest BCUT2D eigenvalue weighted by Crippen LogP contribution is 2.28. The van der Waals surface area contributed by atoms with Crippen LogP contribution >= 0.6 is 11.6 Å². The summed E-state index contributed by atoms with van der Waals surface area (Å²) in [6, 6.07) is 24.5. The summed E-state index contributed by atoms with van der Waals surface area (Å²) in [5, 5.41) is 0.395. The van der Waals surface area contributed by atoms with Gasteiger partial charge in [-0.25, -0.2) is 9.97 Å². The molecule has 0 aliphatic carbocycles. The molecular weight excluding hydrogens is 318 g/mol. The quantitative estimate of drug-likeness (QED) is 0.513. The molecular formula is C20H14ClN3. The zero-order valence-corrected chi connectivity index (χ0v) is 13.6. The summed E-state index contributed by atoms with van der Waals surface area (Å²) in [6.45, 7) is 0. The van der Waals surface area contributed by atoms with Crippen molar-refractivity contribution in [2.75, 3.05) is 0 Å². The van der Waals surface area contributed by atoms with Crippen LogP contribution in [0.2, 0.25) is 5.28 Å². The zero-order chi connectivity index (χ0) is 16.4. The molecule has 0 unspecified atom stereocenters. The minimum absolute atomic E-state index is 0.395. The topological polar surface area (TPSA) is 30.7 Å². The molecule has 24 heavy (non-hydrogen) atoms. The van der Waals surface area contributed by atoms with E-state index in [0.29, 0.717) is 5.28 Å². The van der Waals surface area contributed by atoms with E-state index >= 15 is 0 Å². The summed E-state index contributed by atoms with van der Waals surface area (Å²) in [7, 11) is 0. The van der Waals surface area contributed by atoms with Crippen molar-refractivity contribution in [1.82, 2.24) is 14.5 Å². The zero-order valence-electron chi connectivity index (χ0n) is 12.8. The fraction of sp³-hybridized carbons (Fsp3) is 0. The van der Waals surface area contributed by atoms with Gasteiger partial charge >= 0.3 is 0 Å². The highest BCUT2D eigenvalue weighted by molar-refractivity contribution is 6.28. The van der Waals surface area contributed by atoms with Crippen LogP contribution in [-0.4, -0.2) is 14.5 Å². The van der Waals surface area contributed by atoms with E-state index in [9.17, 15) is 0 Å². The van der Waals surface area contributed by atoms with Gasteiger partial charge in [-0.1, -0.05) is 60.7 Å². The number of imidazole rings is 1. The van der Waals surface area contributed by atoms with Gasteiger partial charge in [0.15, 0.2) is 0 Å². The van der Waals surface area contributed by atoms with E-state index < -0.39 is 0 Å². The van der Waals surface area contributed by atoms with Crippen molar-refractivity contribution in [2.24, 2.45) is 0 Å². The summed E-state index contributed by atoms with van der Waals surface area (Å²) in [4.78, 5) is 8.86. The summed E-state index contributed by atoms with van der Waals surface area (Å²) < 4.78 is 1.78. The first-order valence-corrected chi connectivity index (χ1v) is 8.01. The lowest BCUT2D eigenvalue weighted by atomic mass is 10.0. The number of rotatable bonds is 3. The maximum atomic E-state index is 6.18. The third kappa shape index (κ3) is 2.82. The van der Waals surface area contributed by atoms with Gasteiger partial charge in [0.25, 0.3) is 0 Å². The van der Waals surface area contributed by atoms with Crippen LogP contribution in [0.4, 0.5) is 0 Å². The lowest BCUT2D eigenvalue weighted by Gasteiger charge is -2.11. The molecule has 3 nitrogen and oxygen atoms in total. The number of pyridine rings is 1. The second-order valence-corrected chi connectivity index (χ2v) is 5.74. The first kappa shape index (κ1) is 14.7. The molecule has 2 aromatic carbocycles. The van der Waals surface area contributed by atoms with Crippen molar-refractivity contribution >= 4 is 11.6 Å². The van der Waals surface area contributed by atoms with Crippen LogP contribution < -0.4 is 0 Å². The minimum atomic E-state index is 0.395. The van der Waals surface area contributed by atoms with Crippen LogP contribution in [0.5, 0.6) is 0 Å². The SMILES string of the molecule is Clc1nccn1-c1cc(-c2ccccc2)cc(-c2ccccc2)n1. The monoisotopic (exact) mass is 331 g/mol. The molecule has 0 spiro atoms. The molecule has 116 valence electrons. The van der Waals surface area contributed by atoms with Crippen LogP contribution in [0.25, 0.3) is 28.2 Å². The molecule has 0 fully saturated rings. The fourth-order valence-electron chi connectivity index (χ4n) is 2.65. The number of aromatic nitrogens is 3. The van der Waals surface area contributed by atoms with Crippen LogP contribution in [0.1, 0.15) is 0 Å². The van der Waals surface area contributed by atoms with Crippen LogP contribution in [0.3, 0.4) is 0 Å². The van der Waals surface area contributed by atoms with Gasteiger partial charge < -0.3 is 0 Å². The number of halogens is 1. The van der Waals surface area contributed by atoms with Crippen molar-refractivity contribution in [3.63, 3.8) is 0 Å². The molecule has 0 atom stereocenters. The van der Waals surface area contributed by atoms with E-state index in [-0.39, 0.29) is 0 Å². The van der Waals surface area contributed by atoms with E-state index in [2.05, 4.69) is 35.3 Å². The maximum absolute atomic E-state index is 6.18. The summed E-state index contributed by atoms with van der Waals surface area (Å²) in [5.41, 5.74) is 4.18. The number of benzene rings is 2. The summed E-state index contributed by atoms with van der Waals surface area (Å²) in [5.74, 6) is 0.748. The van der Waals surface area contributed by atoms with Gasteiger partial charge in [-0.3, -0.25) is 4.57 Å². The van der Waals surface area contributed by atoms with Crippen molar-refractivity contribution in [2.45, 2.75) is 0 Å². The second kappa shape index (κ2) is 6.30. The largest absolute Gasteiger partial charge is 0.274 e. The second-order valence-electron chi connectivity index (χ2n) is 5.40. The van der Waals surface area contributed by atoms with Gasteiger partial charge in [-0.15, -0.1) is 0 Å². The summed E-state index contributed by atoms with van der Waals surface area (Å²) >= 11 is 6.18. The molecule has 0 radical (unpaired) electrons. The predicted octanol–water partition coefficient (Wildman–Crippen LogP) is 5.25. The van der Waals surface area contributed by atoms with Gasteiger partial charge in [0, 0.05) is 18.0 Å². The number of hydrogen-bond donors (Lipinski definition) is 0. The van der Waals surface area contributed by atoms with Gasteiger partial charge in [-0.2, -0.15) is 0 Å². The molecule has 0 aliphatic heterocycles. The van der Waals surface area contributed by atoms with E-state index in [0.717, 1.165) is 28.2 Å². The van der Waals surface area contributed by atoms with Crippen molar-refractivity contribution < 1.29 is 0 Å². The van der Waals surface area contributed by atoms with Crippen LogP contribution in [0, 0.1) is 0 Å². The highest BCUT2D eigenvalue weighted by Gasteiger charge is 2.10. The molecule has 0 bridgehead atoms. The fourth-order valence-corrected chi connectivity index (χ4v) is 2.85. The molecule has 0 saturated heterocycles. The lowest BCUT2D eigenvalue weighted by molar-refractivity contribution is 0.997. The Morgan fingerprint density at radius 1 is 0.750 bits per heavy atom. The molecule has 4 rings (SSSR count). The standard InChI is InChI=1S/C20H14ClN3/c21-20-22-11-12-24(20)19-14-17(15-7-3-1-4-8-15)13-18(23-19)16-9-5-2-6-10-16/h1-14H. The average Bonchev–Trinajstić information content (AvgIpc) is 3.09. The molecule has 0 amide bonds. The normalized spacial score (nSPS) is 10.7. The highest BCUT2D eigenvalue weighted by atomic mass is 35.5. The lowest BCUT2D eigenvalue weighted by Crippen LogP contribution is -1.99. The first-order chi connectivity index (χ1) is 11.8. The smallest absolute Gasteiger partial charge is 0.208 e. The van der Waals surface area contributed by atoms with Crippen molar-refractivity contribution in [3.8, 4) is 28.2 Å². The number of hydrogen-bond acceptors (Lipinski definition) is 2. The Balaban J connectivity index is 1.93. The van der Waals surface area contributed by atoms with Gasteiger partial charge in [0.2, 0.25) is 5.28 Å². The van der Waals surface area contributed by atoms with E-state index in [1.165, 1.54) is 0 Å². The van der Waals surface area contributed by atoms with Crippen LogP contribution in [-0.2, 0) is 0 Å². The molecule has 2 heterocycles.